The predicted molar refractivity (Wildman–Crippen MR) is 82.6 cm³/mol. The number of rotatable bonds is 3. The third-order valence-corrected chi connectivity index (χ3v) is 4.21. The van der Waals surface area contributed by atoms with Gasteiger partial charge < -0.3 is 15.7 Å². The van der Waals surface area contributed by atoms with Crippen molar-refractivity contribution in [1.82, 2.24) is 0 Å². The Labute approximate surface area is 130 Å². The lowest BCUT2D eigenvalue weighted by atomic mass is 10.1. The zero-order chi connectivity index (χ0) is 15.6. The Hall–Kier alpha value is -2.08. The number of hydrogen-bond acceptors (Lipinski definition) is 3. The third-order valence-electron chi connectivity index (χ3n) is 2.96. The molecule has 0 heterocycles. The second kappa shape index (κ2) is 6.13. The van der Waals surface area contributed by atoms with Crippen molar-refractivity contribution in [3.05, 3.63) is 57.3 Å². The average Bonchev–Trinajstić information content (AvgIpc) is 2.45. The van der Waals surface area contributed by atoms with E-state index in [1.165, 1.54) is 12.1 Å². The van der Waals surface area contributed by atoms with E-state index < -0.39 is 5.82 Å². The summed E-state index contributed by atoms with van der Waals surface area (Å²) in [6, 6.07) is 7.54. The molecule has 0 aromatic heterocycles. The molecule has 0 radical (unpaired) electrons. The number of amidine groups is 1. The maximum absolute atomic E-state index is 13.3. The van der Waals surface area contributed by atoms with Crippen molar-refractivity contribution in [2.75, 3.05) is 0 Å². The van der Waals surface area contributed by atoms with Crippen LogP contribution in [0.5, 0.6) is 11.5 Å². The van der Waals surface area contributed by atoms with Crippen molar-refractivity contribution in [1.29, 1.82) is 0 Å². The van der Waals surface area contributed by atoms with Gasteiger partial charge in [0.2, 0.25) is 0 Å². The van der Waals surface area contributed by atoms with Gasteiger partial charge in [-0.15, -0.1) is 0 Å². The van der Waals surface area contributed by atoms with Gasteiger partial charge in [0, 0.05) is 4.47 Å². The number of ether oxygens (including phenoxy) is 1. The van der Waals surface area contributed by atoms with E-state index in [1.807, 2.05) is 26.0 Å². The topological polar surface area (TPSA) is 67.8 Å². The molecule has 0 amide bonds. The molecular formula is C15H14BrFN2O2. The monoisotopic (exact) mass is 352 g/mol. The first-order chi connectivity index (χ1) is 9.92. The molecule has 0 saturated carbocycles. The Balaban J connectivity index is 2.45. The van der Waals surface area contributed by atoms with Crippen LogP contribution < -0.4 is 10.5 Å². The quantitative estimate of drug-likeness (QED) is 0.378. The summed E-state index contributed by atoms with van der Waals surface area (Å²) in [5.74, 6) is 0.196. The number of oxime groups is 1. The summed E-state index contributed by atoms with van der Waals surface area (Å²) in [4.78, 5) is 0. The van der Waals surface area contributed by atoms with Gasteiger partial charge in [-0.05, 0) is 55.3 Å². The normalized spacial score (nSPS) is 11.5. The molecule has 0 bridgehead atoms. The van der Waals surface area contributed by atoms with Gasteiger partial charge in [-0.3, -0.25) is 0 Å². The van der Waals surface area contributed by atoms with Gasteiger partial charge in [0.25, 0.3) is 0 Å². The van der Waals surface area contributed by atoms with Gasteiger partial charge >= 0.3 is 0 Å². The Kier molecular flexibility index (Phi) is 4.47. The maximum atomic E-state index is 13.3. The molecule has 0 saturated heterocycles. The zero-order valence-corrected chi connectivity index (χ0v) is 13.1. The van der Waals surface area contributed by atoms with E-state index in [-0.39, 0.29) is 11.4 Å². The van der Waals surface area contributed by atoms with Crippen molar-refractivity contribution >= 4 is 21.8 Å². The van der Waals surface area contributed by atoms with Crippen LogP contribution in [0.15, 0.2) is 40.0 Å². The summed E-state index contributed by atoms with van der Waals surface area (Å²) < 4.78 is 20.1. The molecule has 21 heavy (non-hydrogen) atoms. The summed E-state index contributed by atoms with van der Waals surface area (Å²) in [6.45, 7) is 3.89. The van der Waals surface area contributed by atoms with Crippen molar-refractivity contribution in [2.24, 2.45) is 10.9 Å². The lowest BCUT2D eigenvalue weighted by molar-refractivity contribution is 0.318. The van der Waals surface area contributed by atoms with Crippen LogP contribution in [0.25, 0.3) is 0 Å². The fourth-order valence-electron chi connectivity index (χ4n) is 1.94. The fourth-order valence-corrected chi connectivity index (χ4v) is 2.17. The number of nitrogens with zero attached hydrogens (tertiary/aromatic N) is 1. The molecule has 2 rings (SSSR count). The van der Waals surface area contributed by atoms with Gasteiger partial charge in [-0.25, -0.2) is 4.39 Å². The minimum Gasteiger partial charge on any atom is -0.457 e. The van der Waals surface area contributed by atoms with Crippen LogP contribution in [-0.4, -0.2) is 11.0 Å². The Morgan fingerprint density at radius 2 is 1.86 bits per heavy atom. The Bertz CT molecular complexity index is 694. The Morgan fingerprint density at radius 1 is 1.24 bits per heavy atom. The second-order valence-electron chi connectivity index (χ2n) is 4.60. The van der Waals surface area contributed by atoms with Gasteiger partial charge in [0.1, 0.15) is 17.3 Å². The molecule has 0 aliphatic heterocycles. The first-order valence-electron chi connectivity index (χ1n) is 6.14. The number of halogens is 2. The highest BCUT2D eigenvalue weighted by atomic mass is 79.9. The molecule has 2 aromatic rings. The molecule has 2 aromatic carbocycles. The van der Waals surface area contributed by atoms with E-state index >= 15 is 0 Å². The third kappa shape index (κ3) is 3.33. The van der Waals surface area contributed by atoms with Crippen LogP contribution >= 0.6 is 15.9 Å². The summed E-state index contributed by atoms with van der Waals surface area (Å²) >= 11 is 3.48. The van der Waals surface area contributed by atoms with E-state index in [0.29, 0.717) is 11.5 Å². The highest BCUT2D eigenvalue weighted by Crippen LogP contribution is 2.31. The van der Waals surface area contributed by atoms with Crippen molar-refractivity contribution in [2.45, 2.75) is 13.8 Å². The predicted octanol–water partition coefficient (Wildman–Crippen LogP) is 4.09. The summed E-state index contributed by atoms with van der Waals surface area (Å²) in [6.07, 6.45) is 0. The van der Waals surface area contributed by atoms with E-state index in [4.69, 9.17) is 15.7 Å². The highest BCUT2D eigenvalue weighted by Gasteiger charge is 2.12. The fraction of sp³-hybridized carbons (Fsp3) is 0.133. The van der Waals surface area contributed by atoms with E-state index in [9.17, 15) is 4.39 Å². The molecule has 0 aliphatic carbocycles. The SMILES string of the molecule is Cc1cc(Oc2ccc(F)cc2/C(N)=N/O)cc(C)c1Br. The van der Waals surface area contributed by atoms with Gasteiger partial charge in [-0.1, -0.05) is 21.1 Å². The largest absolute Gasteiger partial charge is 0.457 e. The van der Waals surface area contributed by atoms with E-state index in [2.05, 4.69) is 21.1 Å². The highest BCUT2D eigenvalue weighted by molar-refractivity contribution is 9.10. The molecule has 4 nitrogen and oxygen atoms in total. The van der Waals surface area contributed by atoms with Gasteiger partial charge in [0.15, 0.2) is 5.84 Å². The summed E-state index contributed by atoms with van der Waals surface area (Å²) in [5, 5.41) is 11.7. The molecule has 0 fully saturated rings. The molecule has 0 spiro atoms. The minimum absolute atomic E-state index is 0.190. The zero-order valence-electron chi connectivity index (χ0n) is 11.5. The first kappa shape index (κ1) is 15.3. The standard InChI is InChI=1S/C15H14BrFN2O2/c1-8-5-11(6-9(2)14(8)16)21-13-4-3-10(17)7-12(13)15(18)19-20/h3-7,20H,1-2H3,(H2,18,19). The number of hydrogen-bond donors (Lipinski definition) is 2. The average molecular weight is 353 g/mol. The number of benzene rings is 2. The second-order valence-corrected chi connectivity index (χ2v) is 5.39. The molecule has 0 aliphatic rings. The first-order valence-corrected chi connectivity index (χ1v) is 6.93. The van der Waals surface area contributed by atoms with Crippen molar-refractivity contribution in [3.63, 3.8) is 0 Å². The van der Waals surface area contributed by atoms with Crippen LogP contribution in [0.1, 0.15) is 16.7 Å². The van der Waals surface area contributed by atoms with Crippen LogP contribution in [-0.2, 0) is 0 Å². The van der Waals surface area contributed by atoms with Crippen LogP contribution in [0.2, 0.25) is 0 Å². The summed E-state index contributed by atoms with van der Waals surface area (Å²) in [7, 11) is 0. The molecule has 110 valence electrons. The molecule has 6 heteroatoms. The minimum atomic E-state index is -0.493. The summed E-state index contributed by atoms with van der Waals surface area (Å²) in [5.41, 5.74) is 7.76. The Morgan fingerprint density at radius 3 is 2.43 bits per heavy atom. The van der Waals surface area contributed by atoms with Crippen molar-refractivity contribution in [3.8, 4) is 11.5 Å². The van der Waals surface area contributed by atoms with Crippen LogP contribution in [0.4, 0.5) is 4.39 Å². The molecule has 0 unspecified atom stereocenters. The molecule has 3 N–H and O–H groups in total. The van der Waals surface area contributed by atoms with Crippen LogP contribution in [0, 0.1) is 19.7 Å². The smallest absolute Gasteiger partial charge is 0.173 e. The molecular weight excluding hydrogens is 339 g/mol. The van der Waals surface area contributed by atoms with E-state index in [0.717, 1.165) is 21.7 Å². The molecule has 0 atom stereocenters. The van der Waals surface area contributed by atoms with Gasteiger partial charge in [-0.2, -0.15) is 0 Å². The maximum Gasteiger partial charge on any atom is 0.173 e. The van der Waals surface area contributed by atoms with Crippen LogP contribution in [0.3, 0.4) is 0 Å². The lowest BCUT2D eigenvalue weighted by Crippen LogP contribution is -2.14. The van der Waals surface area contributed by atoms with Crippen molar-refractivity contribution < 1.29 is 14.3 Å². The van der Waals surface area contributed by atoms with E-state index in [1.54, 1.807) is 0 Å². The van der Waals surface area contributed by atoms with Gasteiger partial charge in [0.05, 0.1) is 5.56 Å². The lowest BCUT2D eigenvalue weighted by Gasteiger charge is -2.12. The number of aryl methyl sites for hydroxylation is 2. The number of nitrogens with two attached hydrogens (primary N) is 1.